The van der Waals surface area contributed by atoms with Crippen molar-refractivity contribution >= 4 is 38.9 Å². The number of carbonyl (C=O) groups is 1. The molecule has 0 saturated heterocycles. The number of hydrogen-bond donors (Lipinski definition) is 1. The van der Waals surface area contributed by atoms with Crippen LogP contribution in [0.5, 0.6) is 5.75 Å². The van der Waals surface area contributed by atoms with Crippen molar-refractivity contribution in [3.8, 4) is 5.75 Å². The van der Waals surface area contributed by atoms with E-state index in [-0.39, 0.29) is 5.91 Å². The molecule has 1 N–H and O–H groups in total. The van der Waals surface area contributed by atoms with Crippen molar-refractivity contribution in [2.24, 2.45) is 0 Å². The number of aromatic nitrogens is 1. The van der Waals surface area contributed by atoms with Crippen LogP contribution in [0.1, 0.15) is 31.5 Å². The summed E-state index contributed by atoms with van der Waals surface area (Å²) < 4.78 is 6.71. The zero-order chi connectivity index (χ0) is 18.7. The Labute approximate surface area is 165 Å². The topological polar surface area (TPSA) is 51.2 Å². The maximum atomic E-state index is 12.6. The second kappa shape index (κ2) is 8.01. The summed E-state index contributed by atoms with van der Waals surface area (Å²) in [6.45, 7) is 6.22. The van der Waals surface area contributed by atoms with Crippen molar-refractivity contribution in [2.75, 3.05) is 5.32 Å². The van der Waals surface area contributed by atoms with E-state index in [1.165, 1.54) is 16.9 Å². The molecule has 1 amide bonds. The van der Waals surface area contributed by atoms with E-state index in [2.05, 4.69) is 26.2 Å². The molecule has 3 aromatic rings. The van der Waals surface area contributed by atoms with Crippen LogP contribution in [0, 0.1) is 20.8 Å². The Balaban J connectivity index is 1.67. The molecule has 1 heterocycles. The highest BCUT2D eigenvalue weighted by atomic mass is 79.9. The molecular formula is C20H19BrN2O2S. The summed E-state index contributed by atoms with van der Waals surface area (Å²) in [4.78, 5) is 17.6. The van der Waals surface area contributed by atoms with Crippen LogP contribution < -0.4 is 10.1 Å². The molecule has 134 valence electrons. The van der Waals surface area contributed by atoms with Crippen LogP contribution >= 0.6 is 27.3 Å². The number of thiazole rings is 1. The van der Waals surface area contributed by atoms with Gasteiger partial charge in [0.2, 0.25) is 0 Å². The number of halogens is 1. The number of hydrogen-bond acceptors (Lipinski definition) is 4. The number of carbonyl (C=O) groups excluding carboxylic acids is 1. The number of benzene rings is 2. The molecule has 2 aromatic carbocycles. The number of ether oxygens (including phenoxy) is 1. The van der Waals surface area contributed by atoms with Gasteiger partial charge in [0.05, 0.1) is 5.69 Å². The fourth-order valence-electron chi connectivity index (χ4n) is 2.36. The molecule has 0 radical (unpaired) electrons. The van der Waals surface area contributed by atoms with E-state index in [1.54, 1.807) is 0 Å². The molecule has 0 unspecified atom stereocenters. The molecule has 0 bridgehead atoms. The fraction of sp³-hybridized carbons (Fsp3) is 0.200. The van der Waals surface area contributed by atoms with Crippen molar-refractivity contribution in [3.05, 3.63) is 73.6 Å². The Morgan fingerprint density at radius 1 is 1.15 bits per heavy atom. The van der Waals surface area contributed by atoms with Gasteiger partial charge in [0, 0.05) is 10.2 Å². The van der Waals surface area contributed by atoms with E-state index in [0.29, 0.717) is 17.2 Å². The minimum Gasteiger partial charge on any atom is -0.486 e. The SMILES string of the molecule is Cc1ccc(OCc2nc(C)c(C(=O)Nc3ccc(C)c(Br)c3)s2)cc1. The predicted octanol–water partition coefficient (Wildman–Crippen LogP) is 5.66. The Morgan fingerprint density at radius 3 is 2.58 bits per heavy atom. The highest BCUT2D eigenvalue weighted by Gasteiger charge is 2.16. The van der Waals surface area contributed by atoms with Gasteiger partial charge in [-0.25, -0.2) is 4.98 Å². The van der Waals surface area contributed by atoms with E-state index in [1.807, 2.05) is 63.2 Å². The van der Waals surface area contributed by atoms with E-state index < -0.39 is 0 Å². The number of nitrogens with one attached hydrogen (secondary N) is 1. The van der Waals surface area contributed by atoms with Crippen molar-refractivity contribution in [1.29, 1.82) is 0 Å². The third-order valence-corrected chi connectivity index (χ3v) is 5.84. The summed E-state index contributed by atoms with van der Waals surface area (Å²) in [7, 11) is 0. The largest absolute Gasteiger partial charge is 0.486 e. The van der Waals surface area contributed by atoms with Gasteiger partial charge in [-0.1, -0.05) is 39.7 Å². The van der Waals surface area contributed by atoms with Gasteiger partial charge in [-0.15, -0.1) is 11.3 Å². The lowest BCUT2D eigenvalue weighted by Crippen LogP contribution is -2.11. The minimum atomic E-state index is -0.155. The first-order valence-electron chi connectivity index (χ1n) is 8.15. The second-order valence-electron chi connectivity index (χ2n) is 6.04. The van der Waals surface area contributed by atoms with E-state index in [9.17, 15) is 4.79 Å². The van der Waals surface area contributed by atoms with Gasteiger partial charge in [-0.3, -0.25) is 4.79 Å². The van der Waals surface area contributed by atoms with E-state index in [0.717, 1.165) is 26.5 Å². The average molecular weight is 431 g/mol. The van der Waals surface area contributed by atoms with Crippen LogP contribution in [0.25, 0.3) is 0 Å². The highest BCUT2D eigenvalue weighted by molar-refractivity contribution is 9.10. The van der Waals surface area contributed by atoms with Crippen LogP contribution in [-0.4, -0.2) is 10.9 Å². The monoisotopic (exact) mass is 430 g/mol. The van der Waals surface area contributed by atoms with Gasteiger partial charge >= 0.3 is 0 Å². The molecule has 26 heavy (non-hydrogen) atoms. The van der Waals surface area contributed by atoms with Crippen LogP contribution in [0.2, 0.25) is 0 Å². The lowest BCUT2D eigenvalue weighted by molar-refractivity contribution is 0.103. The average Bonchev–Trinajstić information content (AvgIpc) is 2.98. The van der Waals surface area contributed by atoms with Gasteiger partial charge in [-0.05, 0) is 50.6 Å². The Bertz CT molecular complexity index is 935. The van der Waals surface area contributed by atoms with Crippen molar-refractivity contribution in [2.45, 2.75) is 27.4 Å². The lowest BCUT2D eigenvalue weighted by Gasteiger charge is -2.06. The minimum absolute atomic E-state index is 0.155. The molecular weight excluding hydrogens is 412 g/mol. The van der Waals surface area contributed by atoms with Crippen LogP contribution in [0.4, 0.5) is 5.69 Å². The summed E-state index contributed by atoms with van der Waals surface area (Å²) in [6.07, 6.45) is 0. The lowest BCUT2D eigenvalue weighted by atomic mass is 10.2. The van der Waals surface area contributed by atoms with Gasteiger partial charge in [0.1, 0.15) is 22.2 Å². The van der Waals surface area contributed by atoms with Crippen molar-refractivity contribution in [3.63, 3.8) is 0 Å². The molecule has 3 rings (SSSR count). The number of anilines is 1. The molecule has 0 atom stereocenters. The van der Waals surface area contributed by atoms with E-state index >= 15 is 0 Å². The molecule has 1 aromatic heterocycles. The van der Waals surface area contributed by atoms with Crippen LogP contribution in [0.15, 0.2) is 46.9 Å². The molecule has 0 fully saturated rings. The Morgan fingerprint density at radius 2 is 1.88 bits per heavy atom. The summed E-state index contributed by atoms with van der Waals surface area (Å²) in [5.41, 5.74) is 3.76. The summed E-state index contributed by atoms with van der Waals surface area (Å²) in [5.74, 6) is 0.635. The molecule has 6 heteroatoms. The fourth-order valence-corrected chi connectivity index (χ4v) is 3.61. The third kappa shape index (κ3) is 4.51. The molecule has 0 saturated carbocycles. The molecule has 0 spiro atoms. The summed E-state index contributed by atoms with van der Waals surface area (Å²) in [5, 5.41) is 3.70. The molecule has 0 aliphatic heterocycles. The predicted molar refractivity (Wildman–Crippen MR) is 109 cm³/mol. The number of rotatable bonds is 5. The first-order chi connectivity index (χ1) is 12.4. The smallest absolute Gasteiger partial charge is 0.267 e. The Kier molecular flexibility index (Phi) is 5.74. The second-order valence-corrected chi connectivity index (χ2v) is 7.98. The van der Waals surface area contributed by atoms with Crippen molar-refractivity contribution in [1.82, 2.24) is 4.98 Å². The molecule has 0 aliphatic rings. The maximum Gasteiger partial charge on any atom is 0.267 e. The summed E-state index contributed by atoms with van der Waals surface area (Å²) >= 11 is 4.84. The van der Waals surface area contributed by atoms with E-state index in [4.69, 9.17) is 4.74 Å². The van der Waals surface area contributed by atoms with Gasteiger partial charge in [0.15, 0.2) is 0 Å². The quantitative estimate of drug-likeness (QED) is 0.567. The first kappa shape index (κ1) is 18.6. The van der Waals surface area contributed by atoms with Crippen LogP contribution in [0.3, 0.4) is 0 Å². The highest BCUT2D eigenvalue weighted by Crippen LogP contribution is 2.24. The third-order valence-electron chi connectivity index (χ3n) is 3.86. The molecule has 4 nitrogen and oxygen atoms in total. The Hall–Kier alpha value is -2.18. The van der Waals surface area contributed by atoms with Gasteiger partial charge in [0.25, 0.3) is 5.91 Å². The first-order valence-corrected chi connectivity index (χ1v) is 9.76. The maximum absolute atomic E-state index is 12.6. The number of nitrogens with zero attached hydrogens (tertiary/aromatic N) is 1. The normalized spacial score (nSPS) is 10.6. The zero-order valence-corrected chi connectivity index (χ0v) is 17.2. The molecule has 0 aliphatic carbocycles. The summed E-state index contributed by atoms with van der Waals surface area (Å²) in [6, 6.07) is 13.6. The number of aryl methyl sites for hydroxylation is 3. The van der Waals surface area contributed by atoms with Gasteiger partial charge < -0.3 is 10.1 Å². The van der Waals surface area contributed by atoms with Crippen molar-refractivity contribution < 1.29 is 9.53 Å². The van der Waals surface area contributed by atoms with Crippen LogP contribution in [-0.2, 0) is 6.61 Å². The zero-order valence-electron chi connectivity index (χ0n) is 14.8. The van der Waals surface area contributed by atoms with Gasteiger partial charge in [-0.2, -0.15) is 0 Å². The number of amides is 1. The standard InChI is InChI=1S/C20H19BrN2O2S/c1-12-4-8-16(9-5-12)25-11-18-22-14(3)19(26-18)20(24)23-15-7-6-13(2)17(21)10-15/h4-10H,11H2,1-3H3,(H,23,24).